The van der Waals surface area contributed by atoms with Crippen LogP contribution in [-0.2, 0) is 6.54 Å². The molecule has 5 rings (SSSR count). The van der Waals surface area contributed by atoms with Crippen LogP contribution in [0.5, 0.6) is 5.75 Å². The van der Waals surface area contributed by atoms with Crippen molar-refractivity contribution in [3.05, 3.63) is 89.0 Å². The number of hydrogen-bond acceptors (Lipinski definition) is 6. The van der Waals surface area contributed by atoms with E-state index in [4.69, 9.17) is 4.74 Å². The van der Waals surface area contributed by atoms with Gasteiger partial charge in [0, 0.05) is 37.6 Å². The van der Waals surface area contributed by atoms with Crippen LogP contribution in [0.2, 0.25) is 0 Å². The lowest BCUT2D eigenvalue weighted by atomic mass is 10.1. The van der Waals surface area contributed by atoms with Crippen LogP contribution in [0.4, 0.5) is 11.4 Å². The quantitative estimate of drug-likeness (QED) is 0.540. The van der Waals surface area contributed by atoms with Crippen LogP contribution in [0, 0.1) is 0 Å². The van der Waals surface area contributed by atoms with E-state index in [1.807, 2.05) is 24.3 Å². The van der Waals surface area contributed by atoms with Crippen molar-refractivity contribution in [1.82, 2.24) is 9.80 Å². The summed E-state index contributed by atoms with van der Waals surface area (Å²) in [6.45, 7) is 4.06. The van der Waals surface area contributed by atoms with Crippen LogP contribution in [0.1, 0.15) is 36.6 Å². The number of amides is 3. The Morgan fingerprint density at radius 2 is 1.53 bits per heavy atom. The number of rotatable bonds is 6. The van der Waals surface area contributed by atoms with Crippen LogP contribution in [0.25, 0.3) is 0 Å². The predicted octanol–water partition coefficient (Wildman–Crippen LogP) is 3.50. The van der Waals surface area contributed by atoms with Crippen molar-refractivity contribution in [2.45, 2.75) is 6.54 Å². The molecule has 3 aromatic carbocycles. The molecule has 1 fully saturated rings. The molecule has 0 bridgehead atoms. The van der Waals surface area contributed by atoms with Crippen molar-refractivity contribution in [3.8, 4) is 5.75 Å². The summed E-state index contributed by atoms with van der Waals surface area (Å²) in [6, 6.07) is 19.7. The van der Waals surface area contributed by atoms with Gasteiger partial charge in [-0.05, 0) is 61.1 Å². The Bertz CT molecular complexity index is 1280. The summed E-state index contributed by atoms with van der Waals surface area (Å²) >= 11 is 0. The molecule has 36 heavy (non-hydrogen) atoms. The first kappa shape index (κ1) is 23.6. The van der Waals surface area contributed by atoms with E-state index in [1.54, 1.807) is 42.5 Å². The molecule has 0 aliphatic carbocycles. The molecule has 184 valence electrons. The average Bonchev–Trinajstić information content (AvgIpc) is 3.14. The predicted molar refractivity (Wildman–Crippen MR) is 138 cm³/mol. The van der Waals surface area contributed by atoms with Crippen molar-refractivity contribution in [1.29, 1.82) is 0 Å². The van der Waals surface area contributed by atoms with Gasteiger partial charge in [-0.3, -0.25) is 19.3 Å². The number of nitrogens with one attached hydrogen (secondary N) is 1. The zero-order valence-corrected chi connectivity index (χ0v) is 20.4. The van der Waals surface area contributed by atoms with E-state index < -0.39 is 0 Å². The minimum absolute atomic E-state index is 0.0658. The second-order valence-corrected chi connectivity index (χ2v) is 9.07. The number of ether oxygens (including phenoxy) is 1. The van der Waals surface area contributed by atoms with Crippen LogP contribution < -0.4 is 15.0 Å². The van der Waals surface area contributed by atoms with Gasteiger partial charge >= 0.3 is 0 Å². The van der Waals surface area contributed by atoms with Gasteiger partial charge in [0.2, 0.25) is 0 Å². The number of nitrogens with zero attached hydrogens (tertiary/aromatic N) is 3. The maximum absolute atomic E-state index is 13.2. The number of hydrogen-bond donors (Lipinski definition) is 1. The number of methoxy groups -OCH3 is 1. The standard InChI is InChI=1S/C28H28N4O4/c1-30-13-15-31(16-14-30)21-10-8-20(9-11-21)29-26(33)24-17-19(7-12-25(24)36-2)18-32-27(34)22-5-3-4-6-23(22)28(32)35/h3-12,17H,13-16,18H2,1-2H3,(H,29,33). The monoisotopic (exact) mass is 484 g/mol. The molecule has 0 radical (unpaired) electrons. The van der Waals surface area contributed by atoms with Crippen LogP contribution in [0.3, 0.4) is 0 Å². The molecule has 0 atom stereocenters. The van der Waals surface area contributed by atoms with E-state index in [1.165, 1.54) is 12.0 Å². The van der Waals surface area contributed by atoms with Crippen molar-refractivity contribution < 1.29 is 19.1 Å². The minimum atomic E-state index is -0.335. The molecule has 0 saturated carbocycles. The Kier molecular flexibility index (Phi) is 6.43. The Hall–Kier alpha value is -4.17. The van der Waals surface area contributed by atoms with Gasteiger partial charge in [-0.1, -0.05) is 18.2 Å². The number of carbonyl (C=O) groups is 3. The minimum Gasteiger partial charge on any atom is -0.496 e. The first-order valence-corrected chi connectivity index (χ1v) is 11.9. The smallest absolute Gasteiger partial charge is 0.261 e. The third-order valence-corrected chi connectivity index (χ3v) is 6.72. The van der Waals surface area contributed by atoms with E-state index >= 15 is 0 Å². The SMILES string of the molecule is COc1ccc(CN2C(=O)c3ccccc3C2=O)cc1C(=O)Nc1ccc(N2CCN(C)CC2)cc1. The maximum Gasteiger partial charge on any atom is 0.261 e. The Balaban J connectivity index is 1.30. The number of anilines is 2. The lowest BCUT2D eigenvalue weighted by molar-refractivity contribution is 0.0642. The second kappa shape index (κ2) is 9.83. The van der Waals surface area contributed by atoms with Gasteiger partial charge in [0.25, 0.3) is 17.7 Å². The first-order chi connectivity index (χ1) is 17.4. The van der Waals surface area contributed by atoms with Crippen molar-refractivity contribution in [3.63, 3.8) is 0 Å². The second-order valence-electron chi connectivity index (χ2n) is 9.07. The molecule has 3 aromatic rings. The highest BCUT2D eigenvalue weighted by Gasteiger charge is 2.35. The molecular formula is C28H28N4O4. The lowest BCUT2D eigenvalue weighted by Gasteiger charge is -2.34. The van der Waals surface area contributed by atoms with E-state index in [9.17, 15) is 14.4 Å². The van der Waals surface area contributed by atoms with Gasteiger partial charge in [-0.2, -0.15) is 0 Å². The fourth-order valence-electron chi connectivity index (χ4n) is 4.61. The molecule has 0 spiro atoms. The molecule has 2 heterocycles. The molecule has 0 unspecified atom stereocenters. The number of likely N-dealkylation sites (N-methyl/N-ethyl adjacent to an activating group) is 1. The third-order valence-electron chi connectivity index (χ3n) is 6.72. The summed E-state index contributed by atoms with van der Waals surface area (Å²) in [5, 5.41) is 2.93. The van der Waals surface area contributed by atoms with Gasteiger partial charge in [0.1, 0.15) is 5.75 Å². The summed E-state index contributed by atoms with van der Waals surface area (Å²) in [4.78, 5) is 44.5. The fourth-order valence-corrected chi connectivity index (χ4v) is 4.61. The van der Waals surface area contributed by atoms with Crippen LogP contribution in [-0.4, -0.2) is 67.9 Å². The number of benzene rings is 3. The number of carbonyl (C=O) groups excluding carboxylic acids is 3. The van der Waals surface area contributed by atoms with Gasteiger partial charge in [0.15, 0.2) is 0 Å². The number of imide groups is 1. The normalized spacial score (nSPS) is 15.7. The average molecular weight is 485 g/mol. The largest absolute Gasteiger partial charge is 0.496 e. The maximum atomic E-state index is 13.2. The molecule has 3 amide bonds. The van der Waals surface area contributed by atoms with Crippen LogP contribution in [0.15, 0.2) is 66.7 Å². The molecule has 2 aliphatic heterocycles. The highest BCUT2D eigenvalue weighted by Crippen LogP contribution is 2.27. The van der Waals surface area contributed by atoms with E-state index in [0.29, 0.717) is 33.7 Å². The molecule has 1 N–H and O–H groups in total. The van der Waals surface area contributed by atoms with Crippen molar-refractivity contribution in [2.75, 3.05) is 50.6 Å². The van der Waals surface area contributed by atoms with Crippen LogP contribution >= 0.6 is 0 Å². The molecule has 0 aromatic heterocycles. The van der Waals surface area contributed by atoms with E-state index in [0.717, 1.165) is 31.9 Å². The summed E-state index contributed by atoms with van der Waals surface area (Å²) in [5.74, 6) is -0.591. The Labute approximate surface area is 210 Å². The summed E-state index contributed by atoms with van der Waals surface area (Å²) in [6.07, 6.45) is 0. The van der Waals surface area contributed by atoms with Crippen molar-refractivity contribution >= 4 is 29.1 Å². The zero-order valence-electron chi connectivity index (χ0n) is 20.4. The number of piperazine rings is 1. The van der Waals surface area contributed by atoms with Gasteiger partial charge < -0.3 is 19.9 Å². The van der Waals surface area contributed by atoms with Gasteiger partial charge in [-0.25, -0.2) is 0 Å². The molecule has 2 aliphatic rings. The highest BCUT2D eigenvalue weighted by molar-refractivity contribution is 6.21. The van der Waals surface area contributed by atoms with Gasteiger partial charge in [0.05, 0.1) is 30.3 Å². The van der Waals surface area contributed by atoms with E-state index in [-0.39, 0.29) is 24.3 Å². The Morgan fingerprint density at radius 3 is 2.14 bits per heavy atom. The first-order valence-electron chi connectivity index (χ1n) is 11.9. The van der Waals surface area contributed by atoms with E-state index in [2.05, 4.69) is 22.2 Å². The highest BCUT2D eigenvalue weighted by atomic mass is 16.5. The topological polar surface area (TPSA) is 82.2 Å². The van der Waals surface area contributed by atoms with Crippen molar-refractivity contribution in [2.24, 2.45) is 0 Å². The summed E-state index contributed by atoms with van der Waals surface area (Å²) in [7, 11) is 3.62. The Morgan fingerprint density at radius 1 is 0.889 bits per heavy atom. The summed E-state index contributed by atoms with van der Waals surface area (Å²) in [5.41, 5.74) is 3.57. The molecule has 8 heteroatoms. The third kappa shape index (κ3) is 4.55. The zero-order chi connectivity index (χ0) is 25.2. The molecule has 8 nitrogen and oxygen atoms in total. The molecular weight excluding hydrogens is 456 g/mol. The van der Waals surface area contributed by atoms with Gasteiger partial charge in [-0.15, -0.1) is 0 Å². The fraction of sp³-hybridized carbons (Fsp3) is 0.250. The number of fused-ring (bicyclic) bond motifs is 1. The summed E-state index contributed by atoms with van der Waals surface area (Å²) < 4.78 is 5.41. The molecule has 1 saturated heterocycles. The lowest BCUT2D eigenvalue weighted by Crippen LogP contribution is -2.44.